The average Bonchev–Trinajstić information content (AvgIpc) is 2.38. The van der Waals surface area contributed by atoms with Crippen LogP contribution in [0.15, 0.2) is 24.3 Å². The van der Waals surface area contributed by atoms with Crippen molar-refractivity contribution in [3.8, 4) is 5.75 Å². The summed E-state index contributed by atoms with van der Waals surface area (Å²) in [6.45, 7) is 5.26. The van der Waals surface area contributed by atoms with Gasteiger partial charge in [-0.1, -0.05) is 0 Å². The fourth-order valence-electron chi connectivity index (χ4n) is 1.31. The van der Waals surface area contributed by atoms with Crippen LogP contribution in [0.4, 0.5) is 0 Å². The number of carbonyl (C=O) groups excluding carboxylic acids is 2. The molecule has 20 heavy (non-hydrogen) atoms. The van der Waals surface area contributed by atoms with E-state index in [-0.39, 0.29) is 0 Å². The third-order valence-corrected chi connectivity index (χ3v) is 6.00. The first kappa shape index (κ1) is 16.7. The Bertz CT molecular complexity index is 445. The first-order chi connectivity index (χ1) is 9.54. The molecular formula is C14H19IO5. The van der Waals surface area contributed by atoms with Crippen molar-refractivity contribution in [2.75, 3.05) is 6.61 Å². The zero-order chi connectivity index (χ0) is 15.0. The van der Waals surface area contributed by atoms with Gasteiger partial charge in [-0.25, -0.2) is 0 Å². The van der Waals surface area contributed by atoms with Crippen molar-refractivity contribution in [1.82, 2.24) is 0 Å². The van der Waals surface area contributed by atoms with Crippen LogP contribution < -0.4 is 4.74 Å². The summed E-state index contributed by atoms with van der Waals surface area (Å²) in [6, 6.07) is 7.21. The standard InChI is InChI=1S/C14H19IO5/c1-4-5-10-18-14-9-7-6-8-13(14)15(19-11(2)16)20-12(3)17/h6-9H,4-5,10H2,1-3H3. The van der Waals surface area contributed by atoms with Crippen LogP contribution in [0, 0.1) is 3.57 Å². The SMILES string of the molecule is CCCCOc1ccccc1I(OC(C)=O)OC(C)=O. The summed E-state index contributed by atoms with van der Waals surface area (Å²) in [4.78, 5) is 22.3. The van der Waals surface area contributed by atoms with Crippen LogP contribution in [0.25, 0.3) is 0 Å². The van der Waals surface area contributed by atoms with E-state index in [1.165, 1.54) is 13.8 Å². The molecule has 0 fully saturated rings. The molecule has 0 saturated carbocycles. The number of rotatable bonds is 7. The molecule has 0 saturated heterocycles. The Kier molecular flexibility index (Phi) is 7.35. The Hall–Kier alpha value is -1.31. The summed E-state index contributed by atoms with van der Waals surface area (Å²) >= 11 is -2.82. The number of carbonyl (C=O) groups is 2. The van der Waals surface area contributed by atoms with Gasteiger partial charge in [0.1, 0.15) is 0 Å². The molecule has 0 aliphatic carbocycles. The van der Waals surface area contributed by atoms with E-state index >= 15 is 0 Å². The van der Waals surface area contributed by atoms with Crippen LogP contribution in [-0.4, -0.2) is 18.5 Å². The van der Waals surface area contributed by atoms with Crippen molar-refractivity contribution in [3.63, 3.8) is 0 Å². The van der Waals surface area contributed by atoms with E-state index in [9.17, 15) is 9.59 Å². The van der Waals surface area contributed by atoms with Crippen molar-refractivity contribution >= 4 is 32.6 Å². The molecule has 112 valence electrons. The Morgan fingerprint density at radius 1 is 1.10 bits per heavy atom. The van der Waals surface area contributed by atoms with Crippen molar-refractivity contribution in [1.29, 1.82) is 0 Å². The zero-order valence-corrected chi connectivity index (χ0v) is 14.0. The van der Waals surface area contributed by atoms with E-state index in [0.717, 1.165) is 12.8 Å². The zero-order valence-electron chi connectivity index (χ0n) is 11.8. The van der Waals surface area contributed by atoms with Crippen molar-refractivity contribution in [2.24, 2.45) is 0 Å². The van der Waals surface area contributed by atoms with E-state index in [2.05, 4.69) is 6.92 Å². The normalized spacial score (nSPS) is 10.7. The molecule has 5 nitrogen and oxygen atoms in total. The molecule has 0 heterocycles. The third kappa shape index (κ3) is 5.77. The Morgan fingerprint density at radius 2 is 1.70 bits per heavy atom. The molecule has 0 bridgehead atoms. The minimum atomic E-state index is -2.82. The average molecular weight is 394 g/mol. The van der Waals surface area contributed by atoms with Crippen LogP contribution >= 0.6 is 20.6 Å². The summed E-state index contributed by atoms with van der Waals surface area (Å²) in [5.74, 6) is -0.298. The molecular weight excluding hydrogens is 375 g/mol. The molecule has 0 amide bonds. The van der Waals surface area contributed by atoms with Gasteiger partial charge in [-0.15, -0.1) is 0 Å². The van der Waals surface area contributed by atoms with Gasteiger partial charge in [0.25, 0.3) is 0 Å². The van der Waals surface area contributed by atoms with Crippen LogP contribution in [0.1, 0.15) is 33.6 Å². The number of ether oxygens (including phenoxy) is 1. The number of unbranched alkanes of at least 4 members (excludes halogenated alkanes) is 1. The van der Waals surface area contributed by atoms with Gasteiger partial charge < -0.3 is 0 Å². The topological polar surface area (TPSA) is 61.8 Å². The molecule has 1 aromatic carbocycles. The second kappa shape index (κ2) is 8.78. The predicted octanol–water partition coefficient (Wildman–Crippen LogP) is 3.50. The van der Waals surface area contributed by atoms with Crippen LogP contribution in [0.3, 0.4) is 0 Å². The molecule has 1 aromatic rings. The van der Waals surface area contributed by atoms with E-state index in [1.807, 2.05) is 6.07 Å². The molecule has 0 unspecified atom stereocenters. The van der Waals surface area contributed by atoms with Gasteiger partial charge in [0.2, 0.25) is 0 Å². The summed E-state index contributed by atoms with van der Waals surface area (Å²) < 4.78 is 16.7. The molecule has 6 heteroatoms. The summed E-state index contributed by atoms with van der Waals surface area (Å²) in [5.41, 5.74) is 0. The number of para-hydroxylation sites is 1. The fourth-order valence-corrected chi connectivity index (χ4v) is 4.27. The van der Waals surface area contributed by atoms with Gasteiger partial charge >= 0.3 is 127 Å². The summed E-state index contributed by atoms with van der Waals surface area (Å²) in [7, 11) is 0. The van der Waals surface area contributed by atoms with Crippen molar-refractivity contribution < 1.29 is 20.5 Å². The Labute approximate surface area is 127 Å². The molecule has 0 aromatic heterocycles. The molecule has 1 rings (SSSR count). The molecule has 0 radical (unpaired) electrons. The van der Waals surface area contributed by atoms with Crippen LogP contribution in [0.5, 0.6) is 5.75 Å². The number of hydrogen-bond donors (Lipinski definition) is 0. The fraction of sp³-hybridized carbons (Fsp3) is 0.429. The van der Waals surface area contributed by atoms with Crippen LogP contribution in [0.2, 0.25) is 0 Å². The monoisotopic (exact) mass is 394 g/mol. The van der Waals surface area contributed by atoms with Gasteiger partial charge in [0, 0.05) is 0 Å². The first-order valence-electron chi connectivity index (χ1n) is 6.34. The molecule has 0 aliphatic rings. The Morgan fingerprint density at radius 3 is 2.25 bits per heavy atom. The Balaban J connectivity index is 2.92. The van der Waals surface area contributed by atoms with Gasteiger partial charge in [0.15, 0.2) is 0 Å². The van der Waals surface area contributed by atoms with E-state index in [0.29, 0.717) is 15.9 Å². The van der Waals surface area contributed by atoms with Crippen molar-refractivity contribution in [3.05, 3.63) is 27.8 Å². The van der Waals surface area contributed by atoms with Gasteiger partial charge in [-0.2, -0.15) is 0 Å². The van der Waals surface area contributed by atoms with Gasteiger partial charge in [-0.3, -0.25) is 0 Å². The predicted molar refractivity (Wildman–Crippen MR) is 83.1 cm³/mol. The van der Waals surface area contributed by atoms with E-state index in [4.69, 9.17) is 10.9 Å². The maximum atomic E-state index is 11.2. The van der Waals surface area contributed by atoms with E-state index in [1.54, 1.807) is 18.2 Å². The number of halogens is 1. The quantitative estimate of drug-likeness (QED) is 0.523. The minimum absolute atomic E-state index is 0.459. The van der Waals surface area contributed by atoms with Crippen molar-refractivity contribution in [2.45, 2.75) is 33.6 Å². The third-order valence-electron chi connectivity index (χ3n) is 2.12. The van der Waals surface area contributed by atoms with Gasteiger partial charge in [0.05, 0.1) is 0 Å². The summed E-state index contributed by atoms with van der Waals surface area (Å²) in [6.07, 6.45) is 1.96. The van der Waals surface area contributed by atoms with Crippen LogP contribution in [-0.2, 0) is 15.7 Å². The number of benzene rings is 1. The number of hydrogen-bond acceptors (Lipinski definition) is 5. The van der Waals surface area contributed by atoms with E-state index < -0.39 is 32.6 Å². The maximum absolute atomic E-state index is 11.2. The molecule has 0 N–H and O–H groups in total. The second-order valence-electron chi connectivity index (χ2n) is 3.99. The molecule has 0 atom stereocenters. The second-order valence-corrected chi connectivity index (χ2v) is 7.27. The molecule has 0 aliphatic heterocycles. The first-order valence-corrected chi connectivity index (χ1v) is 9.18. The van der Waals surface area contributed by atoms with Gasteiger partial charge in [-0.05, 0) is 0 Å². The summed E-state index contributed by atoms with van der Waals surface area (Å²) in [5, 5.41) is 0. The molecule has 0 spiro atoms.